The molecule has 3 aromatic heterocycles. The van der Waals surface area contributed by atoms with Gasteiger partial charge in [-0.1, -0.05) is 53.8 Å². The second-order valence-electron chi connectivity index (χ2n) is 6.79. The summed E-state index contributed by atoms with van der Waals surface area (Å²) in [6.07, 6.45) is 1.64. The first-order valence-corrected chi connectivity index (χ1v) is 10.2. The summed E-state index contributed by atoms with van der Waals surface area (Å²) in [6, 6.07) is 22.5. The Balaban J connectivity index is 1.57. The van der Waals surface area contributed by atoms with Crippen LogP contribution in [0.4, 0.5) is 5.13 Å². The monoisotopic (exact) mass is 412 g/mol. The van der Waals surface area contributed by atoms with Crippen molar-refractivity contribution < 1.29 is 4.79 Å². The maximum Gasteiger partial charge on any atom is 0.265 e. The Morgan fingerprint density at radius 1 is 1.00 bits per heavy atom. The number of thiazole rings is 1. The van der Waals surface area contributed by atoms with E-state index < -0.39 is 5.91 Å². The summed E-state index contributed by atoms with van der Waals surface area (Å²) in [7, 11) is 0. The maximum absolute atomic E-state index is 13.2. The topological polar surface area (TPSA) is 76.9 Å². The van der Waals surface area contributed by atoms with Gasteiger partial charge >= 0.3 is 0 Å². The van der Waals surface area contributed by atoms with E-state index in [2.05, 4.69) is 15.3 Å². The number of para-hydroxylation sites is 1. The van der Waals surface area contributed by atoms with Crippen LogP contribution in [0.3, 0.4) is 0 Å². The molecule has 0 atom stereocenters. The zero-order chi connectivity index (χ0) is 20.5. The highest BCUT2D eigenvalue weighted by Crippen LogP contribution is 2.25. The molecule has 1 amide bonds. The smallest absolute Gasteiger partial charge is 0.265 e. The average molecular weight is 412 g/mol. The first kappa shape index (κ1) is 18.2. The first-order chi connectivity index (χ1) is 14.7. The van der Waals surface area contributed by atoms with Gasteiger partial charge in [-0.15, -0.1) is 0 Å². The molecule has 3 heterocycles. The Bertz CT molecular complexity index is 1410. The minimum absolute atomic E-state index is 0.0608. The van der Waals surface area contributed by atoms with Crippen LogP contribution in [0.5, 0.6) is 0 Å². The second-order valence-corrected chi connectivity index (χ2v) is 7.82. The minimum Gasteiger partial charge on any atom is -0.298 e. The van der Waals surface area contributed by atoms with Crippen LogP contribution < -0.4 is 10.9 Å². The maximum atomic E-state index is 13.2. The van der Waals surface area contributed by atoms with E-state index >= 15 is 0 Å². The fourth-order valence-corrected chi connectivity index (χ4v) is 4.23. The molecular formula is C23H16N4O2S. The third-order valence-electron chi connectivity index (χ3n) is 4.79. The third-order valence-corrected chi connectivity index (χ3v) is 5.74. The Morgan fingerprint density at radius 2 is 1.80 bits per heavy atom. The quantitative estimate of drug-likeness (QED) is 0.477. The van der Waals surface area contributed by atoms with Crippen LogP contribution >= 0.6 is 11.3 Å². The molecule has 0 aliphatic rings. The lowest BCUT2D eigenvalue weighted by Gasteiger charge is -2.12. The van der Waals surface area contributed by atoms with Crippen molar-refractivity contribution in [3.63, 3.8) is 0 Å². The summed E-state index contributed by atoms with van der Waals surface area (Å²) in [5, 5.41) is 3.96. The van der Waals surface area contributed by atoms with E-state index in [1.54, 1.807) is 18.3 Å². The van der Waals surface area contributed by atoms with Crippen molar-refractivity contribution >= 4 is 43.6 Å². The summed E-state index contributed by atoms with van der Waals surface area (Å²) in [6.45, 7) is 0.329. The lowest BCUT2D eigenvalue weighted by molar-refractivity contribution is 0.102. The van der Waals surface area contributed by atoms with Gasteiger partial charge in [0.2, 0.25) is 0 Å². The van der Waals surface area contributed by atoms with E-state index in [4.69, 9.17) is 0 Å². The molecule has 2 aromatic carbocycles. The van der Waals surface area contributed by atoms with Crippen LogP contribution in [0.25, 0.3) is 21.3 Å². The molecule has 5 rings (SSSR count). The molecular weight excluding hydrogens is 396 g/mol. The second kappa shape index (κ2) is 7.53. The van der Waals surface area contributed by atoms with Gasteiger partial charge < -0.3 is 0 Å². The Hall–Kier alpha value is -3.84. The number of benzene rings is 2. The van der Waals surface area contributed by atoms with E-state index in [9.17, 15) is 9.59 Å². The summed E-state index contributed by atoms with van der Waals surface area (Å²) in [5.74, 6) is -0.480. The summed E-state index contributed by atoms with van der Waals surface area (Å²) in [5.41, 5.74) is 1.98. The van der Waals surface area contributed by atoms with Gasteiger partial charge in [-0.3, -0.25) is 19.5 Å². The van der Waals surface area contributed by atoms with Gasteiger partial charge in [-0.05, 0) is 35.9 Å². The third kappa shape index (κ3) is 3.35. The highest BCUT2D eigenvalue weighted by molar-refractivity contribution is 7.22. The number of nitrogens with zero attached hydrogens (tertiary/aromatic N) is 3. The number of nitrogens with one attached hydrogen (secondary N) is 1. The minimum atomic E-state index is -0.480. The molecule has 0 radical (unpaired) electrons. The molecule has 0 fully saturated rings. The van der Waals surface area contributed by atoms with Gasteiger partial charge in [-0.25, -0.2) is 9.97 Å². The number of carbonyl (C=O) groups is 1. The summed E-state index contributed by atoms with van der Waals surface area (Å²) < 4.78 is 2.51. The Kier molecular flexibility index (Phi) is 4.57. The van der Waals surface area contributed by atoms with Crippen LogP contribution in [0.15, 0.2) is 83.8 Å². The number of fused-ring (bicyclic) bond motifs is 2. The molecule has 6 nitrogen and oxygen atoms in total. The van der Waals surface area contributed by atoms with E-state index in [0.29, 0.717) is 17.3 Å². The van der Waals surface area contributed by atoms with Crippen molar-refractivity contribution in [3.8, 4) is 0 Å². The SMILES string of the molecule is O=C(Nc1nc2ccccc2s1)c1cc2cccnc2n(Cc2ccccc2)c1=O. The number of amides is 1. The van der Waals surface area contributed by atoms with Crippen LogP contribution in [0.2, 0.25) is 0 Å². The average Bonchev–Trinajstić information content (AvgIpc) is 3.18. The van der Waals surface area contributed by atoms with Gasteiger partial charge in [-0.2, -0.15) is 0 Å². The summed E-state index contributed by atoms with van der Waals surface area (Å²) >= 11 is 1.37. The van der Waals surface area contributed by atoms with Crippen molar-refractivity contribution in [2.24, 2.45) is 0 Å². The zero-order valence-electron chi connectivity index (χ0n) is 15.8. The predicted molar refractivity (Wildman–Crippen MR) is 119 cm³/mol. The molecule has 30 heavy (non-hydrogen) atoms. The number of hydrogen-bond acceptors (Lipinski definition) is 5. The molecule has 146 valence electrons. The molecule has 1 N–H and O–H groups in total. The Morgan fingerprint density at radius 3 is 2.63 bits per heavy atom. The van der Waals surface area contributed by atoms with Crippen LogP contribution in [-0.2, 0) is 6.54 Å². The molecule has 0 saturated heterocycles. The van der Waals surface area contributed by atoms with Crippen molar-refractivity contribution in [1.82, 2.24) is 14.5 Å². The van der Waals surface area contributed by atoms with E-state index in [1.807, 2.05) is 60.7 Å². The lowest BCUT2D eigenvalue weighted by Crippen LogP contribution is -2.30. The normalized spacial score (nSPS) is 11.1. The standard InChI is InChI=1S/C23H16N4O2S/c28-21(26-23-25-18-10-4-5-11-19(18)30-23)17-13-16-9-6-12-24-20(16)27(22(17)29)14-15-7-2-1-3-8-15/h1-13H,14H2,(H,25,26,28). The highest BCUT2D eigenvalue weighted by atomic mass is 32.1. The van der Waals surface area contributed by atoms with E-state index in [1.165, 1.54) is 15.9 Å². The molecule has 0 saturated carbocycles. The van der Waals surface area contributed by atoms with E-state index in [-0.39, 0.29) is 11.1 Å². The molecule has 0 unspecified atom stereocenters. The van der Waals surface area contributed by atoms with Crippen molar-refractivity contribution in [1.29, 1.82) is 0 Å². The van der Waals surface area contributed by atoms with Crippen LogP contribution in [0.1, 0.15) is 15.9 Å². The van der Waals surface area contributed by atoms with Gasteiger partial charge in [0.15, 0.2) is 5.13 Å². The predicted octanol–water partition coefficient (Wildman–Crippen LogP) is 4.31. The molecule has 0 aliphatic heterocycles. The number of anilines is 1. The largest absolute Gasteiger partial charge is 0.298 e. The molecule has 0 bridgehead atoms. The van der Waals surface area contributed by atoms with Gasteiger partial charge in [0, 0.05) is 11.6 Å². The fraction of sp³-hybridized carbons (Fsp3) is 0.0435. The number of rotatable bonds is 4. The number of carbonyl (C=O) groups excluding carboxylic acids is 1. The number of aromatic nitrogens is 3. The summed E-state index contributed by atoms with van der Waals surface area (Å²) in [4.78, 5) is 35.0. The fourth-order valence-electron chi connectivity index (χ4n) is 3.37. The zero-order valence-corrected chi connectivity index (χ0v) is 16.6. The highest BCUT2D eigenvalue weighted by Gasteiger charge is 2.18. The van der Waals surface area contributed by atoms with E-state index in [0.717, 1.165) is 21.2 Å². The first-order valence-electron chi connectivity index (χ1n) is 9.38. The van der Waals surface area contributed by atoms with Gasteiger partial charge in [0.25, 0.3) is 11.5 Å². The van der Waals surface area contributed by atoms with Crippen molar-refractivity contribution in [3.05, 3.63) is 100 Å². The number of pyridine rings is 2. The van der Waals surface area contributed by atoms with Crippen LogP contribution in [-0.4, -0.2) is 20.4 Å². The molecule has 0 aliphatic carbocycles. The van der Waals surface area contributed by atoms with Gasteiger partial charge in [0.05, 0.1) is 16.8 Å². The Labute approximate surface area is 175 Å². The molecule has 5 aromatic rings. The van der Waals surface area contributed by atoms with Crippen molar-refractivity contribution in [2.45, 2.75) is 6.54 Å². The van der Waals surface area contributed by atoms with Crippen molar-refractivity contribution in [2.75, 3.05) is 5.32 Å². The molecule has 0 spiro atoms. The molecule has 7 heteroatoms. The van der Waals surface area contributed by atoms with Gasteiger partial charge in [0.1, 0.15) is 11.2 Å². The lowest BCUT2D eigenvalue weighted by atomic mass is 10.1. The number of hydrogen-bond donors (Lipinski definition) is 1. The van der Waals surface area contributed by atoms with Crippen LogP contribution in [0, 0.1) is 0 Å².